The van der Waals surface area contributed by atoms with Crippen LogP contribution >= 0.6 is 24.2 Å². The molecule has 0 radical (unpaired) electrons. The number of para-hydroxylation sites is 1. The lowest BCUT2D eigenvalue weighted by Gasteiger charge is -2.39. The summed E-state index contributed by atoms with van der Waals surface area (Å²) in [7, 11) is 0. The van der Waals surface area contributed by atoms with Gasteiger partial charge in [0, 0.05) is 45.0 Å². The fraction of sp³-hybridized carbons (Fsp3) is 0.389. The molecule has 9 heteroatoms. The number of hydrogen-bond acceptors (Lipinski definition) is 6. The van der Waals surface area contributed by atoms with E-state index < -0.39 is 0 Å². The van der Waals surface area contributed by atoms with E-state index in [1.807, 2.05) is 29.2 Å². The maximum atomic E-state index is 12.4. The number of nitrogens with zero attached hydrogens (tertiary/aromatic N) is 2. The van der Waals surface area contributed by atoms with E-state index in [-0.39, 0.29) is 35.4 Å². The minimum Gasteiger partial charge on any atom is -0.367 e. The number of carbonyl (C=O) groups is 3. The fourth-order valence-electron chi connectivity index (χ4n) is 3.35. The Morgan fingerprint density at radius 3 is 2.41 bits per heavy atom. The number of hydrogen-bond donors (Lipinski definition) is 2. The van der Waals surface area contributed by atoms with Gasteiger partial charge >= 0.3 is 0 Å². The average Bonchev–Trinajstić information content (AvgIpc) is 2.91. The molecule has 0 aromatic heterocycles. The number of imide groups is 1. The quantitative estimate of drug-likeness (QED) is 0.734. The van der Waals surface area contributed by atoms with Gasteiger partial charge in [-0.15, -0.1) is 12.4 Å². The number of halogens is 1. The molecule has 3 saturated heterocycles. The van der Waals surface area contributed by atoms with Crippen molar-refractivity contribution in [3.05, 3.63) is 34.7 Å². The first-order chi connectivity index (χ1) is 12.6. The maximum absolute atomic E-state index is 12.4. The highest BCUT2D eigenvalue weighted by atomic mass is 35.5. The number of carbonyl (C=O) groups excluding carboxylic acids is 3. The minimum atomic E-state index is -0.348. The highest BCUT2D eigenvalue weighted by Gasteiger charge is 2.31. The summed E-state index contributed by atoms with van der Waals surface area (Å²) in [4.78, 5) is 40.1. The van der Waals surface area contributed by atoms with Gasteiger partial charge in [0.25, 0.3) is 11.1 Å². The Morgan fingerprint density at radius 1 is 1.11 bits per heavy atom. The smallest absolute Gasteiger partial charge is 0.290 e. The number of anilines is 1. The summed E-state index contributed by atoms with van der Waals surface area (Å²) < 4.78 is 0. The van der Waals surface area contributed by atoms with Crippen LogP contribution in [-0.2, 0) is 9.59 Å². The van der Waals surface area contributed by atoms with Crippen molar-refractivity contribution in [2.75, 3.05) is 44.2 Å². The van der Waals surface area contributed by atoms with Crippen LogP contribution in [0.4, 0.5) is 10.5 Å². The molecule has 0 saturated carbocycles. The van der Waals surface area contributed by atoms with Crippen molar-refractivity contribution >= 4 is 53.0 Å². The first-order valence-electron chi connectivity index (χ1n) is 8.70. The zero-order valence-corrected chi connectivity index (χ0v) is 16.3. The van der Waals surface area contributed by atoms with Crippen LogP contribution in [-0.4, -0.2) is 61.2 Å². The van der Waals surface area contributed by atoms with E-state index in [9.17, 15) is 14.4 Å². The normalized spacial score (nSPS) is 21.7. The molecule has 3 heterocycles. The van der Waals surface area contributed by atoms with E-state index in [2.05, 4.69) is 15.5 Å². The largest absolute Gasteiger partial charge is 0.367 e. The topological polar surface area (TPSA) is 81.8 Å². The lowest BCUT2D eigenvalue weighted by Crippen LogP contribution is -2.56. The molecule has 0 unspecified atom stereocenters. The number of amides is 3. The molecular formula is C18H21ClN4O3S. The molecule has 1 aromatic rings. The molecule has 7 nitrogen and oxygen atoms in total. The molecule has 27 heavy (non-hydrogen) atoms. The van der Waals surface area contributed by atoms with Crippen LogP contribution in [0.15, 0.2) is 29.2 Å². The summed E-state index contributed by atoms with van der Waals surface area (Å²) in [5.41, 5.74) is 1.92. The number of benzene rings is 1. The van der Waals surface area contributed by atoms with Gasteiger partial charge in [0.15, 0.2) is 0 Å². The van der Waals surface area contributed by atoms with Crippen molar-refractivity contribution in [2.45, 2.75) is 0 Å². The molecule has 3 aliphatic rings. The van der Waals surface area contributed by atoms with Crippen molar-refractivity contribution in [1.29, 1.82) is 0 Å². The number of rotatable bonds is 3. The SMILES string of the molecule is Cl.O=C1NC(=O)/C(=C/c2ccccc2N2CCN(C(=O)C3CNC3)CC2)S1. The third-order valence-electron chi connectivity index (χ3n) is 4.93. The molecule has 3 fully saturated rings. The van der Waals surface area contributed by atoms with Crippen molar-refractivity contribution in [1.82, 2.24) is 15.5 Å². The van der Waals surface area contributed by atoms with E-state index in [1.54, 1.807) is 6.08 Å². The molecule has 3 aliphatic heterocycles. The predicted molar refractivity (Wildman–Crippen MR) is 108 cm³/mol. The first-order valence-corrected chi connectivity index (χ1v) is 9.52. The molecule has 0 spiro atoms. The zero-order chi connectivity index (χ0) is 18.1. The molecule has 0 aliphatic carbocycles. The summed E-state index contributed by atoms with van der Waals surface area (Å²) >= 11 is 0.924. The molecule has 4 rings (SSSR count). The van der Waals surface area contributed by atoms with Gasteiger partial charge < -0.3 is 15.1 Å². The van der Waals surface area contributed by atoms with Gasteiger partial charge in [-0.1, -0.05) is 18.2 Å². The third kappa shape index (κ3) is 4.12. The minimum absolute atomic E-state index is 0. The zero-order valence-electron chi connectivity index (χ0n) is 14.6. The molecule has 144 valence electrons. The summed E-state index contributed by atoms with van der Waals surface area (Å²) in [6, 6.07) is 7.83. The van der Waals surface area contributed by atoms with Crippen molar-refractivity contribution in [2.24, 2.45) is 5.92 Å². The third-order valence-corrected chi connectivity index (χ3v) is 5.74. The molecule has 1 aromatic carbocycles. The number of thioether (sulfide) groups is 1. The highest BCUT2D eigenvalue weighted by Crippen LogP contribution is 2.30. The van der Waals surface area contributed by atoms with Crippen LogP contribution in [0.2, 0.25) is 0 Å². The van der Waals surface area contributed by atoms with Gasteiger partial charge in [0.2, 0.25) is 5.91 Å². The Morgan fingerprint density at radius 2 is 1.81 bits per heavy atom. The lowest BCUT2D eigenvalue weighted by molar-refractivity contribution is -0.137. The molecule has 2 N–H and O–H groups in total. The fourth-order valence-corrected chi connectivity index (χ4v) is 4.02. The summed E-state index contributed by atoms with van der Waals surface area (Å²) in [5.74, 6) is 0.0321. The Kier molecular flexibility index (Phi) is 6.08. The summed E-state index contributed by atoms with van der Waals surface area (Å²) in [6.07, 6.45) is 1.76. The molecule has 3 amide bonds. The number of nitrogens with one attached hydrogen (secondary N) is 2. The van der Waals surface area contributed by atoms with Crippen molar-refractivity contribution in [3.8, 4) is 0 Å². The molecule has 0 bridgehead atoms. The number of piperazine rings is 1. The van der Waals surface area contributed by atoms with Gasteiger partial charge in [0.05, 0.1) is 10.8 Å². The second kappa shape index (κ2) is 8.33. The molecule has 0 atom stereocenters. The van der Waals surface area contributed by atoms with Gasteiger partial charge in [-0.3, -0.25) is 19.7 Å². The summed E-state index contributed by atoms with van der Waals surface area (Å²) in [6.45, 7) is 4.48. The van der Waals surface area contributed by atoms with Crippen LogP contribution in [0, 0.1) is 5.92 Å². The first kappa shape index (κ1) is 19.7. The van der Waals surface area contributed by atoms with Gasteiger partial charge in [0.1, 0.15) is 0 Å². The van der Waals surface area contributed by atoms with Crippen LogP contribution in [0.1, 0.15) is 5.56 Å². The Labute approximate surface area is 167 Å². The van der Waals surface area contributed by atoms with Crippen LogP contribution in [0.3, 0.4) is 0 Å². The van der Waals surface area contributed by atoms with Gasteiger partial charge in [-0.05, 0) is 29.5 Å². The summed E-state index contributed by atoms with van der Waals surface area (Å²) in [5, 5.41) is 5.08. The van der Waals surface area contributed by atoms with Gasteiger partial charge in [-0.25, -0.2) is 0 Å². The predicted octanol–water partition coefficient (Wildman–Crippen LogP) is 1.30. The average molecular weight is 409 g/mol. The van der Waals surface area contributed by atoms with Crippen LogP contribution < -0.4 is 15.5 Å². The highest BCUT2D eigenvalue weighted by molar-refractivity contribution is 8.18. The molecular weight excluding hydrogens is 388 g/mol. The van der Waals surface area contributed by atoms with Crippen molar-refractivity contribution in [3.63, 3.8) is 0 Å². The second-order valence-corrected chi connectivity index (χ2v) is 7.59. The Bertz CT molecular complexity index is 789. The monoisotopic (exact) mass is 408 g/mol. The van der Waals surface area contributed by atoms with Crippen molar-refractivity contribution < 1.29 is 14.4 Å². The lowest BCUT2D eigenvalue weighted by atomic mass is 10.0. The van der Waals surface area contributed by atoms with E-state index in [0.29, 0.717) is 18.0 Å². The van der Waals surface area contributed by atoms with Crippen LogP contribution in [0.25, 0.3) is 6.08 Å². The Hall–Kier alpha value is -2.03. The standard InChI is InChI=1S/C18H20N4O3S.ClH/c23-16-15(26-18(25)20-16)9-12-3-1-2-4-14(12)21-5-7-22(8-6-21)17(24)13-10-19-11-13;/h1-4,9,13,19H,5-8,10-11H2,(H,20,23,25);1H/b15-9-;. The van der Waals surface area contributed by atoms with E-state index >= 15 is 0 Å². The van der Waals surface area contributed by atoms with E-state index in [1.165, 1.54) is 0 Å². The maximum Gasteiger partial charge on any atom is 0.290 e. The van der Waals surface area contributed by atoms with Gasteiger partial charge in [-0.2, -0.15) is 0 Å². The Balaban J connectivity index is 0.00000210. The van der Waals surface area contributed by atoms with Crippen LogP contribution in [0.5, 0.6) is 0 Å². The second-order valence-electron chi connectivity index (χ2n) is 6.58. The van der Waals surface area contributed by atoms with E-state index in [4.69, 9.17) is 0 Å². The van der Waals surface area contributed by atoms with E-state index in [0.717, 1.165) is 49.2 Å².